The molecule has 1 atom stereocenters. The van der Waals surface area contributed by atoms with Crippen LogP contribution in [0.5, 0.6) is 0 Å². The molecule has 26 heavy (non-hydrogen) atoms. The predicted octanol–water partition coefficient (Wildman–Crippen LogP) is -2.16. The van der Waals surface area contributed by atoms with Crippen LogP contribution in [0.1, 0.15) is 5.56 Å². The van der Waals surface area contributed by atoms with Crippen molar-refractivity contribution in [2.75, 3.05) is 52.4 Å². The zero-order chi connectivity index (χ0) is 18.7. The van der Waals surface area contributed by atoms with Crippen molar-refractivity contribution in [3.8, 4) is 0 Å². The van der Waals surface area contributed by atoms with Gasteiger partial charge in [0.25, 0.3) is 11.8 Å². The van der Waals surface area contributed by atoms with Gasteiger partial charge in [-0.05, 0) is 19.1 Å². The summed E-state index contributed by atoms with van der Waals surface area (Å²) < 4.78 is 26.8. The Morgan fingerprint density at radius 1 is 1.15 bits per heavy atom. The molecule has 0 bridgehead atoms. The lowest BCUT2D eigenvalue weighted by atomic mass is 10.2. The van der Waals surface area contributed by atoms with Gasteiger partial charge < -0.3 is 15.1 Å². The Labute approximate surface area is 153 Å². The first-order valence-corrected chi connectivity index (χ1v) is 10.2. The standard InChI is InChI=1S/C17H24N4O4S/c1-14-2-4-15(5-3-14)26(24,25)21-10-8-20(9-11-21)17(23)13-19-7-6-18-16(22)12-19/h2-5H,6-13H2,1H3,(H,18,22)/p+1. The fourth-order valence-electron chi connectivity index (χ4n) is 3.27. The van der Waals surface area contributed by atoms with Gasteiger partial charge in [0, 0.05) is 26.2 Å². The van der Waals surface area contributed by atoms with Gasteiger partial charge in [-0.1, -0.05) is 17.7 Å². The monoisotopic (exact) mass is 381 g/mol. The molecule has 2 N–H and O–H groups in total. The van der Waals surface area contributed by atoms with Gasteiger partial charge in [-0.15, -0.1) is 0 Å². The molecule has 0 saturated carbocycles. The number of sulfonamides is 1. The fourth-order valence-corrected chi connectivity index (χ4v) is 4.69. The van der Waals surface area contributed by atoms with Gasteiger partial charge in [0.05, 0.1) is 18.0 Å². The van der Waals surface area contributed by atoms with E-state index in [1.807, 2.05) is 6.92 Å². The SMILES string of the molecule is Cc1ccc(S(=O)(=O)N2CCN(C(=O)C[NH+]3CCNC(=O)C3)CC2)cc1. The second-order valence-electron chi connectivity index (χ2n) is 6.80. The van der Waals surface area contributed by atoms with Crippen LogP contribution in [-0.2, 0) is 19.6 Å². The Morgan fingerprint density at radius 2 is 1.81 bits per heavy atom. The van der Waals surface area contributed by atoms with Crippen molar-refractivity contribution in [1.82, 2.24) is 14.5 Å². The largest absolute Gasteiger partial charge is 0.346 e. The molecule has 2 aliphatic heterocycles. The van der Waals surface area contributed by atoms with Gasteiger partial charge in [0.2, 0.25) is 10.0 Å². The highest BCUT2D eigenvalue weighted by atomic mass is 32.2. The van der Waals surface area contributed by atoms with Crippen LogP contribution >= 0.6 is 0 Å². The predicted molar refractivity (Wildman–Crippen MR) is 95.1 cm³/mol. The van der Waals surface area contributed by atoms with Crippen LogP contribution in [0.4, 0.5) is 0 Å². The van der Waals surface area contributed by atoms with E-state index in [0.29, 0.717) is 26.2 Å². The summed E-state index contributed by atoms with van der Waals surface area (Å²) in [6.45, 7) is 5.16. The number of aryl methyl sites for hydroxylation is 1. The maximum Gasteiger partial charge on any atom is 0.277 e. The molecular weight excluding hydrogens is 356 g/mol. The number of benzene rings is 1. The second kappa shape index (κ2) is 7.73. The number of carbonyl (C=O) groups is 2. The number of quaternary nitrogens is 1. The highest BCUT2D eigenvalue weighted by Gasteiger charge is 2.32. The third kappa shape index (κ3) is 4.22. The summed E-state index contributed by atoms with van der Waals surface area (Å²) in [5.74, 6) is -0.0601. The highest BCUT2D eigenvalue weighted by molar-refractivity contribution is 7.89. The average Bonchev–Trinajstić information content (AvgIpc) is 2.62. The zero-order valence-corrected chi connectivity index (χ0v) is 15.7. The molecule has 0 aromatic heterocycles. The van der Waals surface area contributed by atoms with Crippen molar-refractivity contribution in [3.63, 3.8) is 0 Å². The molecule has 2 aliphatic rings. The Morgan fingerprint density at radius 3 is 2.42 bits per heavy atom. The molecular formula is C17H25N4O4S+. The van der Waals surface area contributed by atoms with E-state index in [1.165, 1.54) is 4.31 Å². The summed E-state index contributed by atoms with van der Waals surface area (Å²) in [6, 6.07) is 6.80. The molecule has 1 unspecified atom stereocenters. The quantitative estimate of drug-likeness (QED) is 0.622. The van der Waals surface area contributed by atoms with Gasteiger partial charge in [0.15, 0.2) is 13.1 Å². The lowest BCUT2D eigenvalue weighted by molar-refractivity contribution is -0.885. The summed E-state index contributed by atoms with van der Waals surface area (Å²) in [5.41, 5.74) is 1.01. The third-order valence-corrected chi connectivity index (χ3v) is 6.78. The Balaban J connectivity index is 1.55. The minimum absolute atomic E-state index is 0.0258. The van der Waals surface area contributed by atoms with Crippen LogP contribution in [0.2, 0.25) is 0 Å². The van der Waals surface area contributed by atoms with E-state index in [4.69, 9.17) is 0 Å². The summed E-state index contributed by atoms with van der Waals surface area (Å²) in [5, 5.41) is 2.75. The summed E-state index contributed by atoms with van der Waals surface area (Å²) in [4.78, 5) is 26.8. The van der Waals surface area contributed by atoms with Crippen LogP contribution in [0.25, 0.3) is 0 Å². The first kappa shape index (κ1) is 18.8. The van der Waals surface area contributed by atoms with Gasteiger partial charge in [-0.25, -0.2) is 8.42 Å². The molecule has 2 saturated heterocycles. The lowest BCUT2D eigenvalue weighted by Crippen LogP contribution is -3.16. The molecule has 2 amide bonds. The molecule has 3 rings (SSSR count). The van der Waals surface area contributed by atoms with Crippen molar-refractivity contribution in [3.05, 3.63) is 29.8 Å². The Hall–Kier alpha value is -1.97. The van der Waals surface area contributed by atoms with E-state index in [9.17, 15) is 18.0 Å². The molecule has 0 aliphatic carbocycles. The smallest absolute Gasteiger partial charge is 0.277 e. The van der Waals surface area contributed by atoms with Gasteiger partial charge >= 0.3 is 0 Å². The van der Waals surface area contributed by atoms with Crippen molar-refractivity contribution in [2.24, 2.45) is 0 Å². The Bertz CT molecular complexity index is 770. The van der Waals surface area contributed by atoms with Crippen molar-refractivity contribution in [1.29, 1.82) is 0 Å². The molecule has 0 radical (unpaired) electrons. The normalized spacial score (nSPS) is 22.1. The number of nitrogens with zero attached hydrogens (tertiary/aromatic N) is 2. The van der Waals surface area contributed by atoms with Crippen molar-refractivity contribution in [2.45, 2.75) is 11.8 Å². The maximum absolute atomic E-state index is 12.7. The molecule has 2 heterocycles. The number of amides is 2. The molecule has 1 aromatic carbocycles. The average molecular weight is 381 g/mol. The third-order valence-electron chi connectivity index (χ3n) is 4.86. The Kier molecular flexibility index (Phi) is 5.59. The first-order chi connectivity index (χ1) is 12.4. The van der Waals surface area contributed by atoms with E-state index in [-0.39, 0.29) is 36.3 Å². The van der Waals surface area contributed by atoms with Gasteiger partial charge in [-0.3, -0.25) is 9.59 Å². The molecule has 1 aromatic rings. The zero-order valence-electron chi connectivity index (χ0n) is 14.9. The van der Waals surface area contributed by atoms with E-state index < -0.39 is 10.0 Å². The summed E-state index contributed by atoms with van der Waals surface area (Å²) in [6.07, 6.45) is 0. The number of rotatable bonds is 4. The molecule has 0 spiro atoms. The van der Waals surface area contributed by atoms with E-state index >= 15 is 0 Å². The molecule has 9 heteroatoms. The highest BCUT2D eigenvalue weighted by Crippen LogP contribution is 2.18. The van der Waals surface area contributed by atoms with Crippen LogP contribution in [0.15, 0.2) is 29.2 Å². The van der Waals surface area contributed by atoms with Crippen molar-refractivity contribution < 1.29 is 22.9 Å². The van der Waals surface area contributed by atoms with E-state index in [0.717, 1.165) is 17.0 Å². The summed E-state index contributed by atoms with van der Waals surface area (Å²) >= 11 is 0. The van der Waals surface area contributed by atoms with Crippen LogP contribution in [0, 0.1) is 6.92 Å². The minimum Gasteiger partial charge on any atom is -0.346 e. The van der Waals surface area contributed by atoms with E-state index in [1.54, 1.807) is 29.2 Å². The number of piperazine rings is 2. The van der Waals surface area contributed by atoms with Crippen molar-refractivity contribution >= 4 is 21.8 Å². The van der Waals surface area contributed by atoms with Crippen LogP contribution in [-0.4, -0.2) is 81.8 Å². The van der Waals surface area contributed by atoms with Gasteiger partial charge in [0.1, 0.15) is 0 Å². The van der Waals surface area contributed by atoms with Gasteiger partial charge in [-0.2, -0.15) is 4.31 Å². The van der Waals surface area contributed by atoms with Crippen LogP contribution < -0.4 is 10.2 Å². The molecule has 8 nitrogen and oxygen atoms in total. The number of nitrogens with one attached hydrogen (secondary N) is 2. The second-order valence-corrected chi connectivity index (χ2v) is 8.74. The number of carbonyl (C=O) groups excluding carboxylic acids is 2. The molecule has 2 fully saturated rings. The maximum atomic E-state index is 12.7. The topological polar surface area (TPSA) is 91.2 Å². The fraction of sp³-hybridized carbons (Fsp3) is 0.529. The van der Waals surface area contributed by atoms with E-state index in [2.05, 4.69) is 5.32 Å². The first-order valence-electron chi connectivity index (χ1n) is 8.81. The minimum atomic E-state index is -3.53. The number of hydrogen-bond acceptors (Lipinski definition) is 4. The summed E-state index contributed by atoms with van der Waals surface area (Å²) in [7, 11) is -3.53. The number of hydrogen-bond donors (Lipinski definition) is 2. The molecule has 142 valence electrons. The lowest BCUT2D eigenvalue weighted by Gasteiger charge is -2.34. The van der Waals surface area contributed by atoms with Crippen LogP contribution in [0.3, 0.4) is 0 Å².